The summed E-state index contributed by atoms with van der Waals surface area (Å²) in [7, 11) is -9.26. The van der Waals surface area contributed by atoms with E-state index in [4.69, 9.17) is 34.7 Å². The molecule has 6 N–H and O–H groups in total. The van der Waals surface area contributed by atoms with Crippen LogP contribution in [0.5, 0.6) is 0 Å². The number of fused-ring (bicyclic) bond motifs is 2. The number of hydrogen-bond acceptors (Lipinski definition) is 10. The van der Waals surface area contributed by atoms with Crippen molar-refractivity contribution in [3.8, 4) is 11.1 Å². The van der Waals surface area contributed by atoms with Crippen molar-refractivity contribution in [1.29, 1.82) is 0 Å². The van der Waals surface area contributed by atoms with E-state index in [0.29, 0.717) is 32.7 Å². The van der Waals surface area contributed by atoms with Crippen LogP contribution < -0.4 is 11.5 Å². The number of hydrogen-bond donors (Lipinski definition) is 4. The van der Waals surface area contributed by atoms with Crippen molar-refractivity contribution in [3.63, 3.8) is 0 Å². The van der Waals surface area contributed by atoms with Gasteiger partial charge in [-0.05, 0) is 47.5 Å². The van der Waals surface area contributed by atoms with Gasteiger partial charge in [-0.25, -0.2) is 0 Å². The first-order valence-electron chi connectivity index (χ1n) is 13.7. The molecule has 0 aliphatic carbocycles. The SMILES string of the molecule is Nc1c(S(=O)(=O)O)cc(/N=N/c2ccc(-c3ccc(/N=N/c4cc(S(=O)(=O)O)c(N)c5ccccc45)c(Cl)c3)cc2Cl)c2ccccc12. The molecule has 0 amide bonds. The highest BCUT2D eigenvalue weighted by molar-refractivity contribution is 7.86. The van der Waals surface area contributed by atoms with Gasteiger partial charge in [-0.1, -0.05) is 83.9 Å². The first kappa shape index (κ1) is 33.0. The van der Waals surface area contributed by atoms with Crippen LogP contribution in [0, 0.1) is 0 Å². The summed E-state index contributed by atoms with van der Waals surface area (Å²) >= 11 is 13.1. The smallest absolute Gasteiger partial charge is 0.296 e. The summed E-state index contributed by atoms with van der Waals surface area (Å²) in [6.07, 6.45) is 0. The molecule has 0 saturated heterocycles. The van der Waals surface area contributed by atoms with Crippen molar-refractivity contribution in [2.75, 3.05) is 11.5 Å². The van der Waals surface area contributed by atoms with Gasteiger partial charge in [0.1, 0.15) is 21.2 Å². The fourth-order valence-electron chi connectivity index (χ4n) is 5.05. The van der Waals surface area contributed by atoms with Gasteiger partial charge < -0.3 is 11.5 Å². The Labute approximate surface area is 283 Å². The molecule has 16 heteroatoms. The van der Waals surface area contributed by atoms with Gasteiger partial charge in [0.2, 0.25) is 0 Å². The number of benzene rings is 6. The van der Waals surface area contributed by atoms with Crippen LogP contribution in [-0.4, -0.2) is 25.9 Å². The molecule has 0 fully saturated rings. The topological polar surface area (TPSA) is 210 Å². The van der Waals surface area contributed by atoms with Gasteiger partial charge in [-0.15, -0.1) is 20.5 Å². The van der Waals surface area contributed by atoms with E-state index >= 15 is 0 Å². The summed E-state index contributed by atoms with van der Waals surface area (Å²) in [5.74, 6) is 0. The molecule has 6 aromatic carbocycles. The fourth-order valence-corrected chi connectivity index (χ4v) is 6.78. The molecule has 12 nitrogen and oxygen atoms in total. The van der Waals surface area contributed by atoms with Crippen molar-refractivity contribution in [3.05, 3.63) is 107 Å². The van der Waals surface area contributed by atoms with Crippen molar-refractivity contribution in [1.82, 2.24) is 0 Å². The van der Waals surface area contributed by atoms with Gasteiger partial charge in [0.25, 0.3) is 20.2 Å². The molecule has 0 saturated carbocycles. The van der Waals surface area contributed by atoms with Gasteiger partial charge in [0.05, 0.1) is 32.8 Å². The first-order chi connectivity index (χ1) is 22.7. The standard InChI is InChI=1S/C32H22Cl2N6O6S2/c33-23-13-17(9-11-25(23)37-39-27-15-29(47(41,42)43)31(35)21-7-3-1-5-19(21)27)18-10-12-26(24(34)14-18)38-40-28-16-30(48(44,45)46)32(36)22-8-4-2-6-20(22)28/h1-16H,35-36H2,(H,41,42,43)(H,44,45,46)/b39-37+,40-38+. The maximum absolute atomic E-state index is 11.9. The third-order valence-corrected chi connectivity index (χ3v) is 9.76. The monoisotopic (exact) mass is 720 g/mol. The molecule has 48 heavy (non-hydrogen) atoms. The molecular weight excluding hydrogens is 699 g/mol. The second-order valence-electron chi connectivity index (χ2n) is 10.4. The zero-order chi connectivity index (χ0) is 34.4. The fraction of sp³-hybridized carbons (Fsp3) is 0. The van der Waals surface area contributed by atoms with Crippen LogP contribution in [0.15, 0.2) is 127 Å². The van der Waals surface area contributed by atoms with Crippen molar-refractivity contribution in [2.24, 2.45) is 20.5 Å². The second-order valence-corrected chi connectivity index (χ2v) is 14.0. The lowest BCUT2D eigenvalue weighted by Crippen LogP contribution is -2.03. The average molecular weight is 722 g/mol. The quantitative estimate of drug-likeness (QED) is 0.0706. The van der Waals surface area contributed by atoms with Crippen LogP contribution >= 0.6 is 23.2 Å². The lowest BCUT2D eigenvalue weighted by molar-refractivity contribution is 0.481. The zero-order valence-electron chi connectivity index (χ0n) is 24.3. The lowest BCUT2D eigenvalue weighted by Gasteiger charge is -2.10. The molecule has 0 aromatic heterocycles. The minimum Gasteiger partial charge on any atom is -0.397 e. The van der Waals surface area contributed by atoms with E-state index in [1.54, 1.807) is 84.9 Å². The third-order valence-electron chi connectivity index (χ3n) is 7.37. The van der Waals surface area contributed by atoms with Crippen LogP contribution in [-0.2, 0) is 20.2 Å². The van der Waals surface area contributed by atoms with Gasteiger partial charge in [-0.2, -0.15) is 16.8 Å². The number of nitrogen functional groups attached to an aromatic ring is 2. The maximum atomic E-state index is 11.9. The summed E-state index contributed by atoms with van der Waals surface area (Å²) in [5, 5.41) is 19.1. The summed E-state index contributed by atoms with van der Waals surface area (Å²) in [6, 6.07) is 25.7. The van der Waals surface area contributed by atoms with Crippen molar-refractivity contribution in [2.45, 2.75) is 9.79 Å². The van der Waals surface area contributed by atoms with Gasteiger partial charge >= 0.3 is 0 Å². The molecule has 0 aliphatic heterocycles. The van der Waals surface area contributed by atoms with Crippen molar-refractivity contribution < 1.29 is 25.9 Å². The minimum atomic E-state index is -4.63. The summed E-state index contributed by atoms with van der Waals surface area (Å²) in [5.41, 5.74) is 14.0. The molecule has 0 atom stereocenters. The van der Waals surface area contributed by atoms with Crippen LogP contribution in [0.1, 0.15) is 0 Å². The number of anilines is 2. The predicted octanol–water partition coefficient (Wildman–Crippen LogP) is 9.46. The van der Waals surface area contributed by atoms with Gasteiger partial charge in [0.15, 0.2) is 0 Å². The van der Waals surface area contributed by atoms with E-state index in [9.17, 15) is 25.9 Å². The van der Waals surface area contributed by atoms with Gasteiger partial charge in [0, 0.05) is 21.5 Å². The molecule has 0 bridgehead atoms. The van der Waals surface area contributed by atoms with Gasteiger partial charge in [-0.3, -0.25) is 9.11 Å². The molecule has 0 radical (unpaired) electrons. The number of nitrogens with zero attached hydrogens (tertiary/aromatic N) is 4. The summed E-state index contributed by atoms with van der Waals surface area (Å²) in [4.78, 5) is -0.970. The van der Waals surface area contributed by atoms with E-state index < -0.39 is 30.0 Å². The average Bonchev–Trinajstić information content (AvgIpc) is 3.04. The van der Waals surface area contributed by atoms with Crippen LogP contribution in [0.2, 0.25) is 10.0 Å². The Kier molecular flexibility index (Phi) is 8.63. The Morgan fingerprint density at radius 1 is 0.479 bits per heavy atom. The highest BCUT2D eigenvalue weighted by atomic mass is 35.5. The second kappa shape index (κ2) is 12.6. The van der Waals surface area contributed by atoms with Crippen LogP contribution in [0.3, 0.4) is 0 Å². The Morgan fingerprint density at radius 3 is 1.15 bits per heavy atom. The molecule has 0 heterocycles. The van der Waals surface area contributed by atoms with Crippen LogP contribution in [0.4, 0.5) is 34.1 Å². The Hall–Kier alpha value is -4.96. The van der Waals surface area contributed by atoms with E-state index in [-0.39, 0.29) is 44.2 Å². The molecule has 242 valence electrons. The Morgan fingerprint density at radius 2 is 0.812 bits per heavy atom. The molecular formula is C32H22Cl2N6O6S2. The predicted molar refractivity (Wildman–Crippen MR) is 187 cm³/mol. The summed E-state index contributed by atoms with van der Waals surface area (Å²) < 4.78 is 67.1. The number of halogens is 2. The summed E-state index contributed by atoms with van der Waals surface area (Å²) in [6.45, 7) is 0. The molecule has 0 spiro atoms. The van der Waals surface area contributed by atoms with E-state index in [1.807, 2.05) is 0 Å². The number of nitrogens with two attached hydrogens (primary N) is 2. The maximum Gasteiger partial charge on any atom is 0.296 e. The molecule has 6 rings (SSSR count). The van der Waals surface area contributed by atoms with E-state index in [2.05, 4.69) is 20.5 Å². The Balaban J connectivity index is 1.29. The minimum absolute atomic E-state index is 0.106. The third kappa shape index (κ3) is 6.44. The highest BCUT2D eigenvalue weighted by Crippen LogP contribution is 2.40. The normalized spacial score (nSPS) is 12.5. The molecule has 6 aromatic rings. The number of rotatable bonds is 7. The zero-order valence-corrected chi connectivity index (χ0v) is 27.4. The van der Waals surface area contributed by atoms with E-state index in [1.165, 1.54) is 0 Å². The Bertz CT molecular complexity index is 2400. The lowest BCUT2D eigenvalue weighted by atomic mass is 10.0. The largest absolute Gasteiger partial charge is 0.397 e. The molecule has 0 unspecified atom stereocenters. The van der Waals surface area contributed by atoms with E-state index in [0.717, 1.165) is 12.1 Å². The molecule has 0 aliphatic rings. The first-order valence-corrected chi connectivity index (χ1v) is 17.4. The van der Waals surface area contributed by atoms with Crippen LogP contribution in [0.25, 0.3) is 32.7 Å². The highest BCUT2D eigenvalue weighted by Gasteiger charge is 2.20. The van der Waals surface area contributed by atoms with Crippen molar-refractivity contribution >= 4 is 99.1 Å². The number of azo groups is 2.